The van der Waals surface area contributed by atoms with Crippen LogP contribution in [0.25, 0.3) is 0 Å². The van der Waals surface area contributed by atoms with Crippen molar-refractivity contribution in [3.8, 4) is 0 Å². The SMILES string of the molecule is COC(=O)CCN1Cc2ccccc2C1=O. The molecule has 4 nitrogen and oxygen atoms in total. The second-order valence-electron chi connectivity index (χ2n) is 3.71. The minimum absolute atomic E-state index is 0.000460. The molecule has 4 heteroatoms. The number of carbonyl (C=O) groups is 2. The van der Waals surface area contributed by atoms with E-state index in [-0.39, 0.29) is 18.3 Å². The van der Waals surface area contributed by atoms with Crippen molar-refractivity contribution in [3.63, 3.8) is 0 Å². The molecule has 0 fully saturated rings. The molecule has 0 spiro atoms. The van der Waals surface area contributed by atoms with Gasteiger partial charge in [-0.15, -0.1) is 0 Å². The van der Waals surface area contributed by atoms with Gasteiger partial charge in [0.1, 0.15) is 0 Å². The Kier molecular flexibility index (Phi) is 2.90. The molecular formula is C12H13NO3. The van der Waals surface area contributed by atoms with Crippen LogP contribution in [0.2, 0.25) is 0 Å². The number of rotatable bonds is 3. The minimum Gasteiger partial charge on any atom is -0.469 e. The third-order valence-corrected chi connectivity index (χ3v) is 2.71. The number of nitrogens with zero attached hydrogens (tertiary/aromatic N) is 1. The van der Waals surface area contributed by atoms with E-state index in [0.29, 0.717) is 13.1 Å². The minimum atomic E-state index is -0.288. The number of carbonyl (C=O) groups excluding carboxylic acids is 2. The highest BCUT2D eigenvalue weighted by atomic mass is 16.5. The first-order chi connectivity index (χ1) is 7.72. The van der Waals surface area contributed by atoms with Crippen LogP contribution in [-0.4, -0.2) is 30.4 Å². The van der Waals surface area contributed by atoms with Crippen LogP contribution in [0.3, 0.4) is 0 Å². The van der Waals surface area contributed by atoms with Gasteiger partial charge in [-0.3, -0.25) is 9.59 Å². The number of methoxy groups -OCH3 is 1. The van der Waals surface area contributed by atoms with Gasteiger partial charge in [-0.25, -0.2) is 0 Å². The van der Waals surface area contributed by atoms with Gasteiger partial charge >= 0.3 is 5.97 Å². The highest BCUT2D eigenvalue weighted by Crippen LogP contribution is 2.22. The molecule has 0 aromatic heterocycles. The van der Waals surface area contributed by atoms with E-state index in [1.807, 2.05) is 24.3 Å². The maximum Gasteiger partial charge on any atom is 0.307 e. The third-order valence-electron chi connectivity index (χ3n) is 2.71. The van der Waals surface area contributed by atoms with E-state index < -0.39 is 0 Å². The van der Waals surface area contributed by atoms with Crippen LogP contribution in [-0.2, 0) is 16.1 Å². The molecule has 0 aliphatic carbocycles. The molecule has 84 valence electrons. The monoisotopic (exact) mass is 219 g/mol. The van der Waals surface area contributed by atoms with Gasteiger partial charge < -0.3 is 9.64 Å². The zero-order valence-corrected chi connectivity index (χ0v) is 9.10. The Morgan fingerprint density at radius 3 is 2.88 bits per heavy atom. The fourth-order valence-electron chi connectivity index (χ4n) is 1.82. The summed E-state index contributed by atoms with van der Waals surface area (Å²) in [6.07, 6.45) is 0.246. The van der Waals surface area contributed by atoms with Gasteiger partial charge in [-0.2, -0.15) is 0 Å². The second kappa shape index (κ2) is 4.35. The Bertz CT molecular complexity index is 428. The quantitative estimate of drug-likeness (QED) is 0.718. The summed E-state index contributed by atoms with van der Waals surface area (Å²) < 4.78 is 4.55. The van der Waals surface area contributed by atoms with Gasteiger partial charge in [-0.1, -0.05) is 18.2 Å². The maximum atomic E-state index is 11.9. The van der Waals surface area contributed by atoms with E-state index in [4.69, 9.17) is 0 Å². The van der Waals surface area contributed by atoms with E-state index in [1.54, 1.807) is 4.90 Å². The van der Waals surface area contributed by atoms with E-state index in [9.17, 15) is 9.59 Å². The molecule has 16 heavy (non-hydrogen) atoms. The van der Waals surface area contributed by atoms with Crippen LogP contribution >= 0.6 is 0 Å². The Labute approximate surface area is 93.8 Å². The van der Waals surface area contributed by atoms with Crippen molar-refractivity contribution >= 4 is 11.9 Å². The fourth-order valence-corrected chi connectivity index (χ4v) is 1.82. The molecule has 0 N–H and O–H groups in total. The number of hydrogen-bond acceptors (Lipinski definition) is 3. The van der Waals surface area contributed by atoms with E-state index in [0.717, 1.165) is 11.1 Å². The van der Waals surface area contributed by atoms with Crippen LogP contribution in [0.5, 0.6) is 0 Å². The Hall–Kier alpha value is -1.84. The number of hydrogen-bond donors (Lipinski definition) is 0. The fraction of sp³-hybridized carbons (Fsp3) is 0.333. The van der Waals surface area contributed by atoms with Crippen molar-refractivity contribution in [2.75, 3.05) is 13.7 Å². The topological polar surface area (TPSA) is 46.6 Å². The molecule has 1 amide bonds. The van der Waals surface area contributed by atoms with Crippen molar-refractivity contribution in [2.45, 2.75) is 13.0 Å². The normalized spacial score (nSPS) is 13.8. The van der Waals surface area contributed by atoms with Gasteiger partial charge in [0.25, 0.3) is 5.91 Å². The molecule has 1 aliphatic heterocycles. The Balaban J connectivity index is 2.02. The van der Waals surface area contributed by atoms with Crippen molar-refractivity contribution in [3.05, 3.63) is 35.4 Å². The standard InChI is InChI=1S/C12H13NO3/c1-16-11(14)6-7-13-8-9-4-2-3-5-10(9)12(13)15/h2-5H,6-8H2,1H3. The van der Waals surface area contributed by atoms with Crippen molar-refractivity contribution < 1.29 is 14.3 Å². The first kappa shape index (κ1) is 10.7. The lowest BCUT2D eigenvalue weighted by atomic mass is 10.1. The van der Waals surface area contributed by atoms with Gasteiger partial charge in [0.2, 0.25) is 0 Å². The molecule has 0 unspecified atom stereocenters. The summed E-state index contributed by atoms with van der Waals surface area (Å²) in [4.78, 5) is 24.5. The van der Waals surface area contributed by atoms with Gasteiger partial charge in [0.15, 0.2) is 0 Å². The zero-order chi connectivity index (χ0) is 11.5. The summed E-state index contributed by atoms with van der Waals surface area (Å²) in [5.74, 6) is -0.289. The molecule has 2 rings (SSSR count). The first-order valence-electron chi connectivity index (χ1n) is 5.16. The van der Waals surface area contributed by atoms with Gasteiger partial charge in [-0.05, 0) is 11.6 Å². The van der Waals surface area contributed by atoms with Crippen LogP contribution in [0.15, 0.2) is 24.3 Å². The molecule has 0 atom stereocenters. The second-order valence-corrected chi connectivity index (χ2v) is 3.71. The van der Waals surface area contributed by atoms with Gasteiger partial charge in [0.05, 0.1) is 13.5 Å². The van der Waals surface area contributed by atoms with E-state index >= 15 is 0 Å². The number of ether oxygens (including phenoxy) is 1. The summed E-state index contributed by atoms with van der Waals surface area (Å²) in [6, 6.07) is 7.51. The van der Waals surface area contributed by atoms with Crippen LogP contribution < -0.4 is 0 Å². The first-order valence-corrected chi connectivity index (χ1v) is 5.16. The summed E-state index contributed by atoms with van der Waals surface area (Å²) in [7, 11) is 1.35. The third kappa shape index (κ3) is 1.91. The molecule has 0 bridgehead atoms. The molecule has 0 saturated carbocycles. The number of amides is 1. The molecule has 1 aromatic rings. The molecule has 0 radical (unpaired) electrons. The average Bonchev–Trinajstić information content (AvgIpc) is 2.64. The Morgan fingerprint density at radius 2 is 2.19 bits per heavy atom. The number of fused-ring (bicyclic) bond motifs is 1. The molecule has 1 heterocycles. The van der Waals surface area contributed by atoms with E-state index in [1.165, 1.54) is 7.11 Å². The lowest BCUT2D eigenvalue weighted by Gasteiger charge is -2.14. The molecule has 1 aliphatic rings. The lowest BCUT2D eigenvalue weighted by Crippen LogP contribution is -2.26. The van der Waals surface area contributed by atoms with E-state index in [2.05, 4.69) is 4.74 Å². The summed E-state index contributed by atoms with van der Waals surface area (Å²) in [6.45, 7) is 1.01. The molecule has 1 aromatic carbocycles. The molecule has 0 saturated heterocycles. The van der Waals surface area contributed by atoms with Crippen LogP contribution in [0, 0.1) is 0 Å². The van der Waals surface area contributed by atoms with Crippen molar-refractivity contribution in [2.24, 2.45) is 0 Å². The van der Waals surface area contributed by atoms with Crippen molar-refractivity contribution in [1.29, 1.82) is 0 Å². The predicted molar refractivity (Wildman–Crippen MR) is 57.8 cm³/mol. The van der Waals surface area contributed by atoms with Gasteiger partial charge in [0, 0.05) is 18.7 Å². The molecular weight excluding hydrogens is 206 g/mol. The number of benzene rings is 1. The Morgan fingerprint density at radius 1 is 1.44 bits per heavy atom. The van der Waals surface area contributed by atoms with Crippen LogP contribution in [0.1, 0.15) is 22.3 Å². The summed E-state index contributed by atoms with van der Waals surface area (Å²) >= 11 is 0. The summed E-state index contributed by atoms with van der Waals surface area (Å²) in [5.41, 5.74) is 1.77. The zero-order valence-electron chi connectivity index (χ0n) is 9.10. The predicted octanol–water partition coefficient (Wildman–Crippen LogP) is 1.21. The summed E-state index contributed by atoms with van der Waals surface area (Å²) in [5, 5.41) is 0. The highest BCUT2D eigenvalue weighted by Gasteiger charge is 2.26. The maximum absolute atomic E-state index is 11.9. The highest BCUT2D eigenvalue weighted by molar-refractivity contribution is 5.98. The average molecular weight is 219 g/mol. The largest absolute Gasteiger partial charge is 0.469 e. The number of esters is 1. The lowest BCUT2D eigenvalue weighted by molar-refractivity contribution is -0.140. The van der Waals surface area contributed by atoms with Crippen molar-refractivity contribution in [1.82, 2.24) is 4.90 Å². The van der Waals surface area contributed by atoms with Crippen LogP contribution in [0.4, 0.5) is 0 Å². The smallest absolute Gasteiger partial charge is 0.307 e.